The van der Waals surface area contributed by atoms with E-state index >= 15 is 0 Å². The van der Waals surface area contributed by atoms with Crippen molar-refractivity contribution < 1.29 is 4.39 Å². The third kappa shape index (κ3) is 48.4. The summed E-state index contributed by atoms with van der Waals surface area (Å²) in [6.07, 6.45) is -0.0278. The molecule has 0 aliphatic carbocycles. The first-order valence-corrected chi connectivity index (χ1v) is 2.98. The highest BCUT2D eigenvalue weighted by molar-refractivity contribution is 6.25. The third-order valence-electron chi connectivity index (χ3n) is 0.0714. The largest absolute Gasteiger partial charge is 0.225 e. The van der Waals surface area contributed by atoms with E-state index in [1.807, 2.05) is 0 Å². The SMILES string of the molecule is ClCCCl.F[CH]Cl. The quantitative estimate of drug-likeness (QED) is 0.526. The first-order valence-electron chi connectivity index (χ1n) is 1.47. The summed E-state index contributed by atoms with van der Waals surface area (Å²) in [5.41, 5.74) is 0. The highest BCUT2D eigenvalue weighted by Crippen LogP contribution is 1.76. The van der Waals surface area contributed by atoms with Crippen molar-refractivity contribution in [2.24, 2.45) is 0 Å². The molecular weight excluding hydrogens is 161 g/mol. The molecule has 4 heteroatoms. The predicted molar refractivity (Wildman–Crippen MR) is 32.7 cm³/mol. The highest BCUT2D eigenvalue weighted by atomic mass is 35.5. The van der Waals surface area contributed by atoms with Gasteiger partial charge < -0.3 is 0 Å². The number of alkyl halides is 2. The molecule has 0 saturated carbocycles. The highest BCUT2D eigenvalue weighted by Gasteiger charge is 1.61. The van der Waals surface area contributed by atoms with Gasteiger partial charge in [0.05, 0.1) is 0 Å². The van der Waals surface area contributed by atoms with Gasteiger partial charge in [-0.05, 0) is 0 Å². The first kappa shape index (κ1) is 10.7. The number of halogens is 4. The zero-order chi connectivity index (χ0) is 6.12. The van der Waals surface area contributed by atoms with Crippen molar-refractivity contribution in [3.63, 3.8) is 0 Å². The van der Waals surface area contributed by atoms with Crippen LogP contribution in [0, 0.1) is 6.13 Å². The molecule has 0 nitrogen and oxygen atoms in total. The van der Waals surface area contributed by atoms with Gasteiger partial charge in [-0.25, -0.2) is 4.39 Å². The monoisotopic (exact) mass is 165 g/mol. The zero-order valence-electron chi connectivity index (χ0n) is 3.50. The van der Waals surface area contributed by atoms with Crippen molar-refractivity contribution >= 4 is 34.8 Å². The van der Waals surface area contributed by atoms with Crippen LogP contribution in [0.2, 0.25) is 0 Å². The maximum atomic E-state index is 9.93. The fraction of sp³-hybridized carbons (Fsp3) is 0.667. The van der Waals surface area contributed by atoms with Crippen LogP contribution in [0.1, 0.15) is 0 Å². The molecule has 45 valence electrons. The van der Waals surface area contributed by atoms with Gasteiger partial charge in [-0.3, -0.25) is 0 Å². The summed E-state index contributed by atoms with van der Waals surface area (Å²) in [7, 11) is 0. The van der Waals surface area contributed by atoms with Gasteiger partial charge in [0.1, 0.15) is 0 Å². The third-order valence-corrected chi connectivity index (χ3v) is 0.643. The van der Waals surface area contributed by atoms with Crippen molar-refractivity contribution in [3.05, 3.63) is 6.13 Å². The topological polar surface area (TPSA) is 0 Å². The summed E-state index contributed by atoms with van der Waals surface area (Å²) in [5.74, 6) is 1.11. The Morgan fingerprint density at radius 3 is 1.43 bits per heavy atom. The van der Waals surface area contributed by atoms with E-state index in [1.54, 1.807) is 0 Å². The van der Waals surface area contributed by atoms with Crippen molar-refractivity contribution in [1.82, 2.24) is 0 Å². The van der Waals surface area contributed by atoms with Crippen LogP contribution in [-0.2, 0) is 0 Å². The van der Waals surface area contributed by atoms with E-state index in [0.717, 1.165) is 0 Å². The van der Waals surface area contributed by atoms with Gasteiger partial charge in [0.25, 0.3) is 0 Å². The average molecular weight is 166 g/mol. The molecule has 0 aliphatic heterocycles. The van der Waals surface area contributed by atoms with Crippen LogP contribution in [0.3, 0.4) is 0 Å². The molecule has 0 amide bonds. The standard InChI is InChI=1S/C2H4Cl2.CHClF/c3-1-2-4;2-1-3/h1-2H2;1H. The lowest BCUT2D eigenvalue weighted by molar-refractivity contribution is 0.685. The van der Waals surface area contributed by atoms with Gasteiger partial charge in [0.2, 0.25) is 6.13 Å². The van der Waals surface area contributed by atoms with Crippen molar-refractivity contribution in [2.45, 2.75) is 0 Å². The Labute approximate surface area is 57.6 Å². The molecule has 0 spiro atoms. The van der Waals surface area contributed by atoms with Gasteiger partial charge in [-0.15, -0.1) is 23.2 Å². The van der Waals surface area contributed by atoms with E-state index in [0.29, 0.717) is 11.8 Å². The van der Waals surface area contributed by atoms with E-state index in [4.69, 9.17) is 23.2 Å². The molecule has 1 radical (unpaired) electrons. The molecule has 0 rings (SSSR count). The normalized spacial score (nSPS) is 6.86. The molecule has 0 aromatic carbocycles. The summed E-state index contributed by atoms with van der Waals surface area (Å²) < 4.78 is 9.93. The zero-order valence-corrected chi connectivity index (χ0v) is 5.77. The predicted octanol–water partition coefficient (Wildman–Crippen LogP) is 2.78. The Bertz CT molecular complexity index is 17.7. The van der Waals surface area contributed by atoms with Gasteiger partial charge >= 0.3 is 0 Å². The summed E-state index contributed by atoms with van der Waals surface area (Å²) in [5, 5.41) is 0. The van der Waals surface area contributed by atoms with E-state index in [-0.39, 0.29) is 6.13 Å². The molecule has 0 atom stereocenters. The van der Waals surface area contributed by atoms with Crippen LogP contribution in [0.25, 0.3) is 0 Å². The molecule has 0 aromatic heterocycles. The Morgan fingerprint density at radius 1 is 1.29 bits per heavy atom. The van der Waals surface area contributed by atoms with Crippen molar-refractivity contribution in [2.75, 3.05) is 11.8 Å². The molecule has 0 N–H and O–H groups in total. The van der Waals surface area contributed by atoms with Crippen LogP contribution in [-0.4, -0.2) is 11.8 Å². The van der Waals surface area contributed by atoms with Gasteiger partial charge in [0, 0.05) is 11.8 Å². The van der Waals surface area contributed by atoms with E-state index in [1.165, 1.54) is 0 Å². The molecular formula is C3H5Cl3F. The molecule has 7 heavy (non-hydrogen) atoms. The Kier molecular flexibility index (Phi) is 24.3. The molecule has 0 bridgehead atoms. The van der Waals surface area contributed by atoms with Gasteiger partial charge in [-0.1, -0.05) is 11.6 Å². The average Bonchev–Trinajstić information content (AvgIpc) is 1.69. The fourth-order valence-corrected chi connectivity index (χ4v) is 0. The van der Waals surface area contributed by atoms with E-state index < -0.39 is 0 Å². The second-order valence-electron chi connectivity index (χ2n) is 0.460. The lowest BCUT2D eigenvalue weighted by atomic mass is 11.0. The first-order chi connectivity index (χ1) is 3.33. The lowest BCUT2D eigenvalue weighted by Gasteiger charge is -1.63. The Balaban J connectivity index is 0. The minimum absolute atomic E-state index is 0.0278. The van der Waals surface area contributed by atoms with Crippen LogP contribution < -0.4 is 0 Å². The van der Waals surface area contributed by atoms with Crippen LogP contribution in [0.15, 0.2) is 0 Å². The lowest BCUT2D eigenvalue weighted by Crippen LogP contribution is -1.63. The summed E-state index contributed by atoms with van der Waals surface area (Å²) in [6.45, 7) is 0. The fourth-order valence-electron chi connectivity index (χ4n) is 0. The van der Waals surface area contributed by atoms with Gasteiger partial charge in [-0.2, -0.15) is 0 Å². The minimum atomic E-state index is -0.0278. The maximum Gasteiger partial charge on any atom is 0.218 e. The molecule has 0 saturated heterocycles. The molecule has 0 fully saturated rings. The van der Waals surface area contributed by atoms with Crippen molar-refractivity contribution in [3.8, 4) is 0 Å². The van der Waals surface area contributed by atoms with Crippen molar-refractivity contribution in [1.29, 1.82) is 0 Å². The number of hydrogen-bond acceptors (Lipinski definition) is 0. The van der Waals surface area contributed by atoms with Crippen LogP contribution >= 0.6 is 34.8 Å². The Morgan fingerprint density at radius 2 is 1.43 bits per heavy atom. The maximum absolute atomic E-state index is 9.93. The molecule has 0 unspecified atom stereocenters. The minimum Gasteiger partial charge on any atom is -0.225 e. The van der Waals surface area contributed by atoms with Gasteiger partial charge in [0.15, 0.2) is 0 Å². The number of rotatable bonds is 1. The summed E-state index contributed by atoms with van der Waals surface area (Å²) in [6, 6.07) is 0. The van der Waals surface area contributed by atoms with E-state index in [2.05, 4.69) is 11.6 Å². The second-order valence-corrected chi connectivity index (χ2v) is 1.38. The summed E-state index contributed by atoms with van der Waals surface area (Å²) >= 11 is 14.3. The molecule has 0 aromatic rings. The summed E-state index contributed by atoms with van der Waals surface area (Å²) in [4.78, 5) is 0. The van der Waals surface area contributed by atoms with Crippen LogP contribution in [0.4, 0.5) is 4.39 Å². The second kappa shape index (κ2) is 15.8. The molecule has 0 heterocycles. The number of hydrogen-bond donors (Lipinski definition) is 0. The Hall–Kier alpha value is 0.800. The molecule has 0 aliphatic rings. The smallest absolute Gasteiger partial charge is 0.218 e. The van der Waals surface area contributed by atoms with E-state index in [9.17, 15) is 4.39 Å². The van der Waals surface area contributed by atoms with Crippen LogP contribution in [0.5, 0.6) is 0 Å².